The van der Waals surface area contributed by atoms with Crippen LogP contribution in [0.5, 0.6) is 0 Å². The van der Waals surface area contributed by atoms with E-state index in [0.29, 0.717) is 5.76 Å². The molecule has 1 aliphatic rings. The third-order valence-corrected chi connectivity index (χ3v) is 3.92. The van der Waals surface area contributed by atoms with Gasteiger partial charge in [0.15, 0.2) is 5.54 Å². The van der Waals surface area contributed by atoms with Crippen LogP contribution in [0.15, 0.2) is 40.8 Å². The fraction of sp³-hybridized carbons (Fsp3) is 0.235. The third kappa shape index (κ3) is 3.10. The second-order valence-electron chi connectivity index (χ2n) is 5.92. The zero-order valence-corrected chi connectivity index (χ0v) is 13.6. The predicted octanol–water partition coefficient (Wildman–Crippen LogP) is 2.13. The van der Waals surface area contributed by atoms with E-state index in [1.165, 1.54) is 25.1 Å². The number of carbonyl (C=O) groups excluding carboxylic acids is 3. The standard InChI is InChI=1S/C17H16FN3O4/c1-10-6-7-13(25-10)17(2)15(23)21(16(24)20-17)9-14(22)19-12-5-3-4-11(18)8-12/h3-8H,9H2,1-2H3,(H,19,22)(H,20,24). The Bertz CT molecular complexity index is 863. The number of hydrogen-bond acceptors (Lipinski definition) is 4. The highest BCUT2D eigenvalue weighted by Crippen LogP contribution is 2.30. The van der Waals surface area contributed by atoms with Crippen molar-refractivity contribution in [2.45, 2.75) is 19.4 Å². The van der Waals surface area contributed by atoms with Crippen molar-refractivity contribution in [2.24, 2.45) is 0 Å². The zero-order valence-electron chi connectivity index (χ0n) is 13.6. The molecular formula is C17H16FN3O4. The Morgan fingerprint density at radius 2 is 2.08 bits per heavy atom. The van der Waals surface area contributed by atoms with Crippen LogP contribution in [0.3, 0.4) is 0 Å². The van der Waals surface area contributed by atoms with E-state index in [1.807, 2.05) is 0 Å². The van der Waals surface area contributed by atoms with Crippen LogP contribution in [-0.4, -0.2) is 29.3 Å². The summed E-state index contributed by atoms with van der Waals surface area (Å²) in [5, 5.41) is 4.99. The Morgan fingerprint density at radius 1 is 1.32 bits per heavy atom. The van der Waals surface area contributed by atoms with Gasteiger partial charge in [-0.1, -0.05) is 6.07 Å². The molecule has 4 amide bonds. The van der Waals surface area contributed by atoms with Gasteiger partial charge in [-0.15, -0.1) is 0 Å². The number of anilines is 1. The van der Waals surface area contributed by atoms with Crippen molar-refractivity contribution >= 4 is 23.5 Å². The molecule has 0 bridgehead atoms. The third-order valence-electron chi connectivity index (χ3n) is 3.92. The maximum atomic E-state index is 13.1. The number of amides is 4. The Morgan fingerprint density at radius 3 is 2.72 bits per heavy atom. The largest absolute Gasteiger partial charge is 0.463 e. The molecule has 130 valence electrons. The first-order valence-corrected chi connectivity index (χ1v) is 7.56. The Kier molecular flexibility index (Phi) is 4.03. The summed E-state index contributed by atoms with van der Waals surface area (Å²) in [6, 6.07) is 7.90. The molecule has 1 saturated heterocycles. The molecule has 3 rings (SSSR count). The Labute approximate surface area is 142 Å². The van der Waals surface area contributed by atoms with Crippen molar-refractivity contribution in [1.29, 1.82) is 0 Å². The molecule has 1 fully saturated rings. The van der Waals surface area contributed by atoms with Crippen LogP contribution in [0.4, 0.5) is 14.9 Å². The smallest absolute Gasteiger partial charge is 0.325 e. The summed E-state index contributed by atoms with van der Waals surface area (Å²) in [7, 11) is 0. The van der Waals surface area contributed by atoms with Crippen molar-refractivity contribution in [3.8, 4) is 0 Å². The highest BCUT2D eigenvalue weighted by Gasteiger charge is 2.51. The molecule has 25 heavy (non-hydrogen) atoms. The number of halogens is 1. The summed E-state index contributed by atoms with van der Waals surface area (Å²) < 4.78 is 18.6. The second kappa shape index (κ2) is 6.04. The van der Waals surface area contributed by atoms with Gasteiger partial charge in [0.2, 0.25) is 5.91 Å². The fourth-order valence-corrected chi connectivity index (χ4v) is 2.62. The minimum Gasteiger partial charge on any atom is -0.463 e. The van der Waals surface area contributed by atoms with Gasteiger partial charge in [-0.3, -0.25) is 14.5 Å². The molecule has 0 radical (unpaired) electrons. The SMILES string of the molecule is Cc1ccc(C2(C)NC(=O)N(CC(=O)Nc3cccc(F)c3)C2=O)o1. The summed E-state index contributed by atoms with van der Waals surface area (Å²) >= 11 is 0. The minimum atomic E-state index is -1.37. The number of carbonyl (C=O) groups is 3. The number of hydrogen-bond donors (Lipinski definition) is 2. The summed E-state index contributed by atoms with van der Waals surface area (Å²) in [5.74, 6) is -0.833. The molecule has 0 saturated carbocycles. The molecular weight excluding hydrogens is 329 g/mol. The van der Waals surface area contributed by atoms with Gasteiger partial charge in [-0.2, -0.15) is 0 Å². The summed E-state index contributed by atoms with van der Waals surface area (Å²) in [4.78, 5) is 37.7. The lowest BCUT2D eigenvalue weighted by Gasteiger charge is -2.19. The molecule has 2 heterocycles. The van der Waals surface area contributed by atoms with Gasteiger partial charge in [0, 0.05) is 5.69 Å². The number of imide groups is 1. The number of benzene rings is 1. The van der Waals surface area contributed by atoms with E-state index in [2.05, 4.69) is 10.6 Å². The summed E-state index contributed by atoms with van der Waals surface area (Å²) in [5.41, 5.74) is -1.13. The van der Waals surface area contributed by atoms with Crippen LogP contribution in [0.25, 0.3) is 0 Å². The fourth-order valence-electron chi connectivity index (χ4n) is 2.62. The van der Waals surface area contributed by atoms with Gasteiger partial charge in [0.1, 0.15) is 23.9 Å². The van der Waals surface area contributed by atoms with Crippen LogP contribution < -0.4 is 10.6 Å². The van der Waals surface area contributed by atoms with E-state index in [4.69, 9.17) is 4.42 Å². The van der Waals surface area contributed by atoms with Crippen LogP contribution in [-0.2, 0) is 15.1 Å². The number of rotatable bonds is 4. The van der Waals surface area contributed by atoms with Crippen LogP contribution in [0, 0.1) is 12.7 Å². The number of nitrogens with zero attached hydrogens (tertiary/aromatic N) is 1. The van der Waals surface area contributed by atoms with Crippen LogP contribution in [0.1, 0.15) is 18.4 Å². The highest BCUT2D eigenvalue weighted by molar-refractivity contribution is 6.10. The average Bonchev–Trinajstić information content (AvgIpc) is 3.06. The van der Waals surface area contributed by atoms with Crippen LogP contribution in [0.2, 0.25) is 0 Å². The predicted molar refractivity (Wildman–Crippen MR) is 86.1 cm³/mol. The lowest BCUT2D eigenvalue weighted by Crippen LogP contribution is -2.41. The first-order valence-electron chi connectivity index (χ1n) is 7.56. The van der Waals surface area contributed by atoms with Crippen molar-refractivity contribution in [2.75, 3.05) is 11.9 Å². The summed E-state index contributed by atoms with van der Waals surface area (Å²) in [6.07, 6.45) is 0. The Balaban J connectivity index is 1.73. The average molecular weight is 345 g/mol. The normalized spacial score (nSPS) is 19.9. The van der Waals surface area contributed by atoms with Gasteiger partial charge in [-0.05, 0) is 44.2 Å². The van der Waals surface area contributed by atoms with Crippen LogP contribution >= 0.6 is 0 Å². The van der Waals surface area contributed by atoms with Crippen molar-refractivity contribution in [3.05, 3.63) is 53.7 Å². The molecule has 2 N–H and O–H groups in total. The van der Waals surface area contributed by atoms with E-state index in [1.54, 1.807) is 19.1 Å². The molecule has 0 spiro atoms. The number of aryl methyl sites for hydroxylation is 1. The number of nitrogens with one attached hydrogen (secondary N) is 2. The molecule has 1 atom stereocenters. The first-order chi connectivity index (χ1) is 11.8. The Hall–Kier alpha value is -3.16. The van der Waals surface area contributed by atoms with E-state index < -0.39 is 35.7 Å². The van der Waals surface area contributed by atoms with Gasteiger partial charge >= 0.3 is 6.03 Å². The molecule has 1 aromatic carbocycles. The van der Waals surface area contributed by atoms with E-state index in [9.17, 15) is 18.8 Å². The van der Waals surface area contributed by atoms with Gasteiger partial charge in [0.05, 0.1) is 0 Å². The van der Waals surface area contributed by atoms with Gasteiger partial charge < -0.3 is 15.1 Å². The molecule has 1 aromatic heterocycles. The topological polar surface area (TPSA) is 91.7 Å². The summed E-state index contributed by atoms with van der Waals surface area (Å²) in [6.45, 7) is 2.74. The molecule has 8 heteroatoms. The molecule has 2 aromatic rings. The lowest BCUT2D eigenvalue weighted by molar-refractivity contribution is -0.134. The van der Waals surface area contributed by atoms with Crippen molar-refractivity contribution in [1.82, 2.24) is 10.2 Å². The van der Waals surface area contributed by atoms with Gasteiger partial charge in [0.25, 0.3) is 5.91 Å². The second-order valence-corrected chi connectivity index (χ2v) is 5.92. The van der Waals surface area contributed by atoms with Crippen molar-refractivity contribution < 1.29 is 23.2 Å². The highest BCUT2D eigenvalue weighted by atomic mass is 19.1. The van der Waals surface area contributed by atoms with E-state index >= 15 is 0 Å². The van der Waals surface area contributed by atoms with Gasteiger partial charge in [-0.25, -0.2) is 9.18 Å². The maximum absolute atomic E-state index is 13.1. The van der Waals surface area contributed by atoms with E-state index in [-0.39, 0.29) is 11.4 Å². The van der Waals surface area contributed by atoms with E-state index in [0.717, 1.165) is 11.0 Å². The monoisotopic (exact) mass is 345 g/mol. The number of urea groups is 1. The lowest BCUT2D eigenvalue weighted by atomic mass is 9.99. The maximum Gasteiger partial charge on any atom is 0.325 e. The number of furan rings is 1. The first kappa shape index (κ1) is 16.7. The van der Waals surface area contributed by atoms with Crippen molar-refractivity contribution in [3.63, 3.8) is 0 Å². The minimum absolute atomic E-state index is 0.237. The zero-order chi connectivity index (χ0) is 18.2. The molecule has 1 aliphatic heterocycles. The molecule has 0 aliphatic carbocycles. The molecule has 1 unspecified atom stereocenters. The quantitative estimate of drug-likeness (QED) is 0.831. The molecule has 7 nitrogen and oxygen atoms in total.